The number of carbonyl (C=O) groups is 1. The zero-order valence-corrected chi connectivity index (χ0v) is 14.2. The van der Waals surface area contributed by atoms with Crippen LogP contribution in [0.1, 0.15) is 29.2 Å². The Morgan fingerprint density at radius 1 is 1.15 bits per heavy atom. The molecule has 1 aliphatic heterocycles. The fourth-order valence-electron chi connectivity index (χ4n) is 3.79. The fourth-order valence-corrected chi connectivity index (χ4v) is 3.79. The number of hydrogen-bond acceptors (Lipinski definition) is 3. The Kier molecular flexibility index (Phi) is 3.18. The summed E-state index contributed by atoms with van der Waals surface area (Å²) >= 11 is 0. The van der Waals surface area contributed by atoms with Gasteiger partial charge in [0.1, 0.15) is 0 Å². The Bertz CT molecular complexity index is 1130. The molecule has 2 aromatic heterocycles. The van der Waals surface area contributed by atoms with Crippen LogP contribution in [0, 0.1) is 6.92 Å². The van der Waals surface area contributed by atoms with Gasteiger partial charge in [-0.3, -0.25) is 9.89 Å². The third kappa shape index (κ3) is 2.23. The molecule has 1 atom stereocenters. The van der Waals surface area contributed by atoms with Crippen molar-refractivity contribution in [2.75, 3.05) is 5.32 Å². The number of fused-ring (bicyclic) bond motifs is 3. The van der Waals surface area contributed by atoms with Crippen LogP contribution in [0.15, 0.2) is 54.9 Å². The van der Waals surface area contributed by atoms with Gasteiger partial charge in [-0.15, -0.1) is 0 Å². The largest absolute Gasteiger partial charge is 0.326 e. The Hall–Kier alpha value is -3.41. The Labute approximate surface area is 149 Å². The lowest BCUT2D eigenvalue weighted by Crippen LogP contribution is -2.24. The van der Waals surface area contributed by atoms with Crippen molar-refractivity contribution in [3.63, 3.8) is 0 Å². The highest BCUT2D eigenvalue weighted by Crippen LogP contribution is 2.41. The van der Waals surface area contributed by atoms with Gasteiger partial charge in [0.05, 0.1) is 23.1 Å². The number of hydrogen-bond donors (Lipinski definition) is 2. The van der Waals surface area contributed by atoms with Gasteiger partial charge in [0.25, 0.3) is 0 Å². The number of carbonyl (C=O) groups excluding carboxylic acids is 1. The van der Waals surface area contributed by atoms with E-state index in [1.807, 2.05) is 66.5 Å². The minimum atomic E-state index is -0.0552. The summed E-state index contributed by atoms with van der Waals surface area (Å²) in [6.07, 6.45) is 4.24. The van der Waals surface area contributed by atoms with Crippen molar-refractivity contribution in [1.29, 1.82) is 0 Å². The standard InChI is InChI=1S/C20H17N5O/c1-12-16(11-25(24-12)14-5-3-2-4-6-14)15-9-18(26)22-17-8-7-13-10-21-23-20(13)19(15)17/h2-8,10-11,15H,9H2,1H3,(H,21,23)(H,22,26). The highest BCUT2D eigenvalue weighted by molar-refractivity contribution is 6.00. The molecule has 4 aromatic rings. The van der Waals surface area contributed by atoms with Crippen molar-refractivity contribution in [2.24, 2.45) is 0 Å². The van der Waals surface area contributed by atoms with Crippen LogP contribution in [0.2, 0.25) is 0 Å². The number of para-hydroxylation sites is 1. The summed E-state index contributed by atoms with van der Waals surface area (Å²) in [6, 6.07) is 13.9. The fraction of sp³-hybridized carbons (Fsp3) is 0.150. The first-order valence-corrected chi connectivity index (χ1v) is 8.58. The SMILES string of the molecule is Cc1nn(-c2ccccc2)cc1C1CC(=O)Nc2ccc3cn[nH]c3c21. The third-order valence-corrected chi connectivity index (χ3v) is 5.00. The second-order valence-corrected chi connectivity index (χ2v) is 6.62. The normalized spacial score (nSPS) is 16.5. The van der Waals surface area contributed by atoms with Crippen LogP contribution in [0.4, 0.5) is 5.69 Å². The molecule has 0 fully saturated rings. The van der Waals surface area contributed by atoms with Gasteiger partial charge in [-0.25, -0.2) is 4.68 Å². The van der Waals surface area contributed by atoms with Crippen molar-refractivity contribution in [2.45, 2.75) is 19.3 Å². The van der Waals surface area contributed by atoms with Crippen LogP contribution in [-0.4, -0.2) is 25.9 Å². The number of aromatic amines is 1. The molecule has 1 amide bonds. The van der Waals surface area contributed by atoms with Crippen molar-refractivity contribution in [3.8, 4) is 5.69 Å². The number of aryl methyl sites for hydroxylation is 1. The van der Waals surface area contributed by atoms with E-state index in [9.17, 15) is 4.79 Å². The monoisotopic (exact) mass is 343 g/mol. The highest BCUT2D eigenvalue weighted by atomic mass is 16.1. The predicted octanol–water partition coefficient (Wildman–Crippen LogP) is 3.53. The lowest BCUT2D eigenvalue weighted by atomic mass is 9.84. The number of benzene rings is 2. The lowest BCUT2D eigenvalue weighted by Gasteiger charge is -2.26. The summed E-state index contributed by atoms with van der Waals surface area (Å²) in [4.78, 5) is 12.3. The number of aromatic nitrogens is 4. The first-order valence-electron chi connectivity index (χ1n) is 8.58. The molecule has 0 radical (unpaired) electrons. The molecular formula is C20H17N5O. The molecule has 1 aliphatic rings. The van der Waals surface area contributed by atoms with Gasteiger partial charge in [0.2, 0.25) is 5.91 Å². The summed E-state index contributed by atoms with van der Waals surface area (Å²) in [6.45, 7) is 1.99. The Morgan fingerprint density at radius 2 is 2.00 bits per heavy atom. The van der Waals surface area contributed by atoms with Gasteiger partial charge in [0.15, 0.2) is 0 Å². The molecule has 5 rings (SSSR count). The molecular weight excluding hydrogens is 326 g/mol. The average molecular weight is 343 g/mol. The summed E-state index contributed by atoms with van der Waals surface area (Å²) < 4.78 is 1.88. The van der Waals surface area contributed by atoms with Crippen molar-refractivity contribution < 1.29 is 4.79 Å². The van der Waals surface area contributed by atoms with Gasteiger partial charge in [-0.2, -0.15) is 10.2 Å². The van der Waals surface area contributed by atoms with Crippen LogP contribution in [0.25, 0.3) is 16.6 Å². The summed E-state index contributed by atoms with van der Waals surface area (Å²) in [5.74, 6) is -0.0337. The number of anilines is 1. The molecule has 26 heavy (non-hydrogen) atoms. The Morgan fingerprint density at radius 3 is 2.85 bits per heavy atom. The second-order valence-electron chi connectivity index (χ2n) is 6.62. The first-order chi connectivity index (χ1) is 12.7. The van der Waals surface area contributed by atoms with Gasteiger partial charge in [-0.1, -0.05) is 18.2 Å². The van der Waals surface area contributed by atoms with E-state index in [4.69, 9.17) is 0 Å². The van der Waals surface area contributed by atoms with E-state index in [-0.39, 0.29) is 11.8 Å². The van der Waals surface area contributed by atoms with Crippen LogP contribution in [0.3, 0.4) is 0 Å². The van der Waals surface area contributed by atoms with Gasteiger partial charge in [0, 0.05) is 40.7 Å². The van der Waals surface area contributed by atoms with Crippen LogP contribution in [-0.2, 0) is 4.79 Å². The van der Waals surface area contributed by atoms with E-state index < -0.39 is 0 Å². The zero-order valence-electron chi connectivity index (χ0n) is 14.2. The lowest BCUT2D eigenvalue weighted by molar-refractivity contribution is -0.116. The molecule has 128 valence electrons. The molecule has 0 aliphatic carbocycles. The minimum absolute atomic E-state index is 0.0215. The number of nitrogens with one attached hydrogen (secondary N) is 2. The minimum Gasteiger partial charge on any atom is -0.326 e. The summed E-state index contributed by atoms with van der Waals surface area (Å²) in [5.41, 5.74) is 5.88. The molecule has 0 saturated carbocycles. The van der Waals surface area contributed by atoms with Gasteiger partial charge in [-0.05, 0) is 31.2 Å². The molecule has 6 nitrogen and oxygen atoms in total. The van der Waals surface area contributed by atoms with E-state index in [2.05, 4.69) is 20.6 Å². The van der Waals surface area contributed by atoms with Gasteiger partial charge < -0.3 is 5.32 Å². The summed E-state index contributed by atoms with van der Waals surface area (Å²) in [5, 5.41) is 16.0. The molecule has 1 unspecified atom stereocenters. The second kappa shape index (κ2) is 5.56. The van der Waals surface area contributed by atoms with Crippen molar-refractivity contribution >= 4 is 22.5 Å². The van der Waals surface area contributed by atoms with Crippen LogP contribution in [0.5, 0.6) is 0 Å². The smallest absolute Gasteiger partial charge is 0.225 e. The van der Waals surface area contributed by atoms with E-state index in [0.29, 0.717) is 6.42 Å². The van der Waals surface area contributed by atoms with Crippen LogP contribution < -0.4 is 5.32 Å². The number of nitrogens with zero attached hydrogens (tertiary/aromatic N) is 3. The predicted molar refractivity (Wildman–Crippen MR) is 99.5 cm³/mol. The van der Waals surface area contributed by atoms with E-state index >= 15 is 0 Å². The number of H-pyrrole nitrogens is 1. The topological polar surface area (TPSA) is 75.6 Å². The number of amides is 1. The number of rotatable bonds is 2. The zero-order chi connectivity index (χ0) is 17.7. The highest BCUT2D eigenvalue weighted by Gasteiger charge is 2.31. The molecule has 2 N–H and O–H groups in total. The van der Waals surface area contributed by atoms with E-state index in [1.165, 1.54) is 0 Å². The molecule has 2 aromatic carbocycles. The molecule has 0 bridgehead atoms. The average Bonchev–Trinajstić information content (AvgIpc) is 3.28. The maximum absolute atomic E-state index is 12.3. The van der Waals surface area contributed by atoms with Crippen LogP contribution >= 0.6 is 0 Å². The molecule has 3 heterocycles. The maximum atomic E-state index is 12.3. The maximum Gasteiger partial charge on any atom is 0.225 e. The quantitative estimate of drug-likeness (QED) is 0.584. The molecule has 0 saturated heterocycles. The molecule has 0 spiro atoms. The first kappa shape index (κ1) is 14.9. The van der Waals surface area contributed by atoms with E-state index in [1.54, 1.807) is 0 Å². The van der Waals surface area contributed by atoms with Crippen molar-refractivity contribution in [1.82, 2.24) is 20.0 Å². The summed E-state index contributed by atoms with van der Waals surface area (Å²) in [7, 11) is 0. The van der Waals surface area contributed by atoms with Gasteiger partial charge >= 0.3 is 0 Å². The third-order valence-electron chi connectivity index (χ3n) is 5.00. The Balaban J connectivity index is 1.69. The molecule has 6 heteroatoms. The van der Waals surface area contributed by atoms with Crippen molar-refractivity contribution in [3.05, 3.63) is 71.7 Å². The van der Waals surface area contributed by atoms with E-state index in [0.717, 1.165) is 39.1 Å².